The number of hydrogen-bond donors (Lipinski definition) is 0. The molecule has 24 heavy (non-hydrogen) atoms. The van der Waals surface area contributed by atoms with E-state index < -0.39 is 0 Å². The van der Waals surface area contributed by atoms with Crippen LogP contribution in [-0.4, -0.2) is 19.5 Å². The van der Waals surface area contributed by atoms with Crippen molar-refractivity contribution in [3.05, 3.63) is 71.2 Å². The van der Waals surface area contributed by atoms with Crippen LogP contribution in [0.15, 0.2) is 42.9 Å². The van der Waals surface area contributed by atoms with Gasteiger partial charge in [0, 0.05) is 29.8 Å². The molecule has 118 valence electrons. The lowest BCUT2D eigenvalue weighted by Gasteiger charge is -2.04. The van der Waals surface area contributed by atoms with Crippen LogP contribution in [0, 0.1) is 25.7 Å². The van der Waals surface area contributed by atoms with Crippen LogP contribution in [0.5, 0.6) is 0 Å². The van der Waals surface area contributed by atoms with Gasteiger partial charge in [-0.25, -0.2) is 9.97 Å². The van der Waals surface area contributed by atoms with Crippen molar-refractivity contribution in [2.24, 2.45) is 0 Å². The van der Waals surface area contributed by atoms with E-state index in [4.69, 9.17) is 0 Å². The maximum absolute atomic E-state index is 4.58. The molecule has 0 aromatic carbocycles. The molecule has 0 bridgehead atoms. The molecule has 1 aliphatic carbocycles. The van der Waals surface area contributed by atoms with Gasteiger partial charge in [-0.3, -0.25) is 9.55 Å². The van der Waals surface area contributed by atoms with Crippen LogP contribution in [0.4, 0.5) is 0 Å². The minimum Gasteiger partial charge on any atom is -0.287 e. The molecule has 0 atom stereocenters. The summed E-state index contributed by atoms with van der Waals surface area (Å²) in [5.74, 6) is 8.76. The highest BCUT2D eigenvalue weighted by Crippen LogP contribution is 2.39. The largest absolute Gasteiger partial charge is 0.287 e. The van der Waals surface area contributed by atoms with Gasteiger partial charge in [-0.2, -0.15) is 0 Å². The minimum absolute atomic E-state index is 0.723. The lowest BCUT2D eigenvalue weighted by molar-refractivity contribution is 0.924. The molecule has 1 aliphatic rings. The van der Waals surface area contributed by atoms with Gasteiger partial charge in [0.05, 0.1) is 0 Å². The van der Waals surface area contributed by atoms with Crippen molar-refractivity contribution >= 4 is 0 Å². The number of rotatable bonds is 2. The third kappa shape index (κ3) is 3.07. The minimum atomic E-state index is 0.723. The third-order valence-corrected chi connectivity index (χ3v) is 4.18. The summed E-state index contributed by atoms with van der Waals surface area (Å²) >= 11 is 0. The fourth-order valence-corrected chi connectivity index (χ4v) is 2.72. The molecule has 3 aromatic heterocycles. The quantitative estimate of drug-likeness (QED) is 0.679. The Balaban J connectivity index is 1.60. The number of nitrogens with zero attached hydrogens (tertiary/aromatic N) is 4. The van der Waals surface area contributed by atoms with E-state index in [1.807, 2.05) is 42.9 Å². The monoisotopic (exact) mass is 314 g/mol. The first-order valence-electron chi connectivity index (χ1n) is 8.16. The molecule has 1 fully saturated rings. The van der Waals surface area contributed by atoms with Crippen molar-refractivity contribution in [3.63, 3.8) is 0 Å². The SMILES string of the molecule is Cc1cc(C#Cc2cn(-c3ccc(C4CC4)cn3)c(C)n2)ccn1. The summed E-state index contributed by atoms with van der Waals surface area (Å²) in [6, 6.07) is 8.10. The van der Waals surface area contributed by atoms with Crippen molar-refractivity contribution in [3.8, 4) is 17.7 Å². The second kappa shape index (κ2) is 5.93. The standard InChI is InChI=1S/C20H18N4/c1-14-11-16(9-10-21-14)3-7-19-13-24(15(2)23-19)20-8-6-18(12-22-20)17-4-5-17/h6,8-13,17H,4-5H2,1-2H3. The van der Waals surface area contributed by atoms with Crippen molar-refractivity contribution in [2.45, 2.75) is 32.6 Å². The van der Waals surface area contributed by atoms with Gasteiger partial charge >= 0.3 is 0 Å². The summed E-state index contributed by atoms with van der Waals surface area (Å²) in [6.07, 6.45) is 8.28. The number of aryl methyl sites for hydroxylation is 2. The van der Waals surface area contributed by atoms with Gasteiger partial charge in [0.2, 0.25) is 0 Å². The second-order valence-electron chi connectivity index (χ2n) is 6.20. The molecule has 0 aliphatic heterocycles. The molecule has 0 N–H and O–H groups in total. The molecule has 0 unspecified atom stereocenters. The third-order valence-electron chi connectivity index (χ3n) is 4.18. The number of pyridine rings is 2. The molecule has 4 nitrogen and oxygen atoms in total. The van der Waals surface area contributed by atoms with Crippen molar-refractivity contribution in [1.29, 1.82) is 0 Å². The molecular formula is C20H18N4. The molecule has 0 spiro atoms. The van der Waals surface area contributed by atoms with Gasteiger partial charge in [-0.05, 0) is 62.3 Å². The topological polar surface area (TPSA) is 43.6 Å². The van der Waals surface area contributed by atoms with Crippen LogP contribution in [0.2, 0.25) is 0 Å². The van der Waals surface area contributed by atoms with E-state index in [2.05, 4.69) is 38.9 Å². The van der Waals surface area contributed by atoms with E-state index >= 15 is 0 Å². The second-order valence-corrected chi connectivity index (χ2v) is 6.20. The van der Waals surface area contributed by atoms with Gasteiger partial charge in [-0.1, -0.05) is 12.0 Å². The summed E-state index contributed by atoms with van der Waals surface area (Å²) in [6.45, 7) is 3.93. The van der Waals surface area contributed by atoms with E-state index in [0.29, 0.717) is 0 Å². The smallest absolute Gasteiger partial charge is 0.138 e. The molecule has 0 radical (unpaired) electrons. The first kappa shape index (κ1) is 14.6. The summed E-state index contributed by atoms with van der Waals surface area (Å²) in [5.41, 5.74) is 3.99. The molecule has 4 heteroatoms. The summed E-state index contributed by atoms with van der Waals surface area (Å²) in [7, 11) is 0. The maximum atomic E-state index is 4.58. The average Bonchev–Trinajstić information content (AvgIpc) is 3.37. The Morgan fingerprint density at radius 1 is 1.08 bits per heavy atom. The molecule has 0 saturated heterocycles. The maximum Gasteiger partial charge on any atom is 0.138 e. The summed E-state index contributed by atoms with van der Waals surface area (Å²) < 4.78 is 1.98. The molecule has 3 aromatic rings. The summed E-state index contributed by atoms with van der Waals surface area (Å²) in [5, 5.41) is 0. The summed E-state index contributed by atoms with van der Waals surface area (Å²) in [4.78, 5) is 13.3. The van der Waals surface area contributed by atoms with Crippen LogP contribution in [0.1, 0.15) is 47.1 Å². The van der Waals surface area contributed by atoms with Crippen molar-refractivity contribution < 1.29 is 0 Å². The Bertz CT molecular complexity index is 938. The highest BCUT2D eigenvalue weighted by Gasteiger charge is 2.23. The van der Waals surface area contributed by atoms with Gasteiger partial charge in [0.25, 0.3) is 0 Å². The lowest BCUT2D eigenvalue weighted by atomic mass is 10.2. The van der Waals surface area contributed by atoms with Crippen LogP contribution < -0.4 is 0 Å². The predicted molar refractivity (Wildman–Crippen MR) is 93.0 cm³/mol. The Kier molecular flexibility index (Phi) is 3.62. The van der Waals surface area contributed by atoms with E-state index in [-0.39, 0.29) is 0 Å². The first-order chi connectivity index (χ1) is 11.7. The van der Waals surface area contributed by atoms with Gasteiger partial charge in [0.1, 0.15) is 17.3 Å². The highest BCUT2D eigenvalue weighted by molar-refractivity contribution is 5.41. The first-order valence-corrected chi connectivity index (χ1v) is 8.16. The number of hydrogen-bond acceptors (Lipinski definition) is 3. The Hall–Kier alpha value is -2.93. The van der Waals surface area contributed by atoms with Crippen molar-refractivity contribution in [2.75, 3.05) is 0 Å². The van der Waals surface area contributed by atoms with Gasteiger partial charge in [-0.15, -0.1) is 0 Å². The van der Waals surface area contributed by atoms with Crippen LogP contribution in [0.25, 0.3) is 5.82 Å². The van der Waals surface area contributed by atoms with E-state index in [0.717, 1.165) is 34.5 Å². The molecule has 0 amide bonds. The number of aromatic nitrogens is 4. The van der Waals surface area contributed by atoms with Gasteiger partial charge < -0.3 is 0 Å². The zero-order valence-corrected chi connectivity index (χ0v) is 13.8. The van der Waals surface area contributed by atoms with Crippen LogP contribution in [0.3, 0.4) is 0 Å². The fraction of sp³-hybridized carbons (Fsp3) is 0.250. The normalized spacial score (nSPS) is 13.4. The lowest BCUT2D eigenvalue weighted by Crippen LogP contribution is -1.98. The van der Waals surface area contributed by atoms with E-state index in [1.54, 1.807) is 6.20 Å². The Morgan fingerprint density at radius 3 is 2.67 bits per heavy atom. The van der Waals surface area contributed by atoms with Crippen LogP contribution >= 0.6 is 0 Å². The molecule has 1 saturated carbocycles. The molecule has 4 rings (SSSR count). The zero-order chi connectivity index (χ0) is 16.5. The molecular weight excluding hydrogens is 296 g/mol. The molecule has 3 heterocycles. The van der Waals surface area contributed by atoms with Crippen molar-refractivity contribution in [1.82, 2.24) is 19.5 Å². The Morgan fingerprint density at radius 2 is 1.96 bits per heavy atom. The fourth-order valence-electron chi connectivity index (χ4n) is 2.72. The van der Waals surface area contributed by atoms with E-state index in [1.165, 1.54) is 18.4 Å². The average molecular weight is 314 g/mol. The highest BCUT2D eigenvalue weighted by atomic mass is 15.1. The predicted octanol–water partition coefficient (Wildman–Crippen LogP) is 3.56. The van der Waals surface area contributed by atoms with E-state index in [9.17, 15) is 0 Å². The van der Waals surface area contributed by atoms with Crippen LogP contribution in [-0.2, 0) is 0 Å². The number of imidazole rings is 1. The van der Waals surface area contributed by atoms with Gasteiger partial charge in [0.15, 0.2) is 0 Å². The zero-order valence-electron chi connectivity index (χ0n) is 13.8. The Labute approximate surface area is 141 Å².